The van der Waals surface area contributed by atoms with Gasteiger partial charge in [0.2, 0.25) is 0 Å². The number of phenolic OH excluding ortho intramolecular Hbond substituents is 1. The molecular formula is C13H15BrF3NO. The maximum Gasteiger partial charge on any atom is 0.416 e. The molecule has 2 N–H and O–H groups in total. The molecule has 2 nitrogen and oxygen atoms in total. The summed E-state index contributed by atoms with van der Waals surface area (Å²) < 4.78 is 38.3. The first-order chi connectivity index (χ1) is 8.88. The number of aromatic hydroxyl groups is 1. The van der Waals surface area contributed by atoms with Crippen LogP contribution in [0.1, 0.15) is 30.4 Å². The van der Waals surface area contributed by atoms with Crippen LogP contribution < -0.4 is 5.32 Å². The van der Waals surface area contributed by atoms with E-state index in [-0.39, 0.29) is 16.3 Å². The van der Waals surface area contributed by atoms with Gasteiger partial charge in [0.25, 0.3) is 0 Å². The van der Waals surface area contributed by atoms with Crippen LogP contribution in [-0.2, 0) is 12.6 Å². The average Bonchev–Trinajstić information content (AvgIpc) is 2.34. The monoisotopic (exact) mass is 337 g/mol. The molecule has 1 aromatic rings. The second-order valence-corrected chi connectivity index (χ2v) is 5.67. The maximum absolute atomic E-state index is 12.7. The van der Waals surface area contributed by atoms with Crippen molar-refractivity contribution in [2.75, 3.05) is 6.54 Å². The summed E-state index contributed by atoms with van der Waals surface area (Å²) in [5.41, 5.74) is -0.399. The second kappa shape index (κ2) is 5.71. The van der Waals surface area contributed by atoms with Crippen molar-refractivity contribution < 1.29 is 18.3 Å². The fourth-order valence-electron chi connectivity index (χ4n) is 2.34. The quantitative estimate of drug-likeness (QED) is 0.858. The fourth-order valence-corrected chi connectivity index (χ4v) is 2.84. The number of alkyl halides is 3. The third kappa shape index (κ3) is 3.63. The summed E-state index contributed by atoms with van der Waals surface area (Å²) in [6, 6.07) is 2.08. The van der Waals surface area contributed by atoms with Gasteiger partial charge in [-0.15, -0.1) is 0 Å². The molecular weight excluding hydrogens is 323 g/mol. The molecule has 0 saturated carbocycles. The largest absolute Gasteiger partial charge is 0.506 e. The highest BCUT2D eigenvalue weighted by atomic mass is 79.9. The van der Waals surface area contributed by atoms with Gasteiger partial charge in [0.05, 0.1) is 10.0 Å². The topological polar surface area (TPSA) is 32.3 Å². The van der Waals surface area contributed by atoms with Crippen LogP contribution >= 0.6 is 15.9 Å². The minimum atomic E-state index is -4.40. The highest BCUT2D eigenvalue weighted by Crippen LogP contribution is 2.37. The molecule has 1 aliphatic rings. The zero-order valence-electron chi connectivity index (χ0n) is 10.2. The molecule has 0 aromatic heterocycles. The number of hydrogen-bond acceptors (Lipinski definition) is 2. The molecule has 1 aliphatic heterocycles. The van der Waals surface area contributed by atoms with Gasteiger partial charge in [-0.2, -0.15) is 13.2 Å². The predicted octanol–water partition coefficient (Wildman–Crippen LogP) is 3.86. The third-order valence-electron chi connectivity index (χ3n) is 3.35. The van der Waals surface area contributed by atoms with Gasteiger partial charge in [0.1, 0.15) is 5.75 Å². The number of rotatable bonds is 2. The first-order valence-corrected chi connectivity index (χ1v) is 6.99. The molecule has 106 valence electrons. The Morgan fingerprint density at radius 1 is 1.32 bits per heavy atom. The Balaban J connectivity index is 2.25. The summed E-state index contributed by atoms with van der Waals surface area (Å²) >= 11 is 2.98. The normalized spacial score (nSPS) is 20.5. The van der Waals surface area contributed by atoms with Gasteiger partial charge < -0.3 is 10.4 Å². The fraction of sp³-hybridized carbons (Fsp3) is 0.538. The lowest BCUT2D eigenvalue weighted by Crippen LogP contribution is -2.35. The molecule has 0 amide bonds. The SMILES string of the molecule is Oc1c(Br)cc(C(F)(F)F)cc1CC1CCCCN1. The molecule has 1 saturated heterocycles. The Morgan fingerprint density at radius 3 is 2.63 bits per heavy atom. The predicted molar refractivity (Wildman–Crippen MR) is 70.2 cm³/mol. The van der Waals surface area contributed by atoms with Crippen molar-refractivity contribution in [3.8, 4) is 5.75 Å². The Kier molecular flexibility index (Phi) is 4.40. The van der Waals surface area contributed by atoms with E-state index in [9.17, 15) is 18.3 Å². The van der Waals surface area contributed by atoms with Gasteiger partial charge in [-0.25, -0.2) is 0 Å². The standard InChI is InChI=1S/C13H15BrF3NO/c14-11-7-9(13(15,16)17)5-8(12(11)19)6-10-3-1-2-4-18-10/h5,7,10,18-19H,1-4,6H2. The highest BCUT2D eigenvalue weighted by Gasteiger charge is 2.32. The molecule has 0 bridgehead atoms. The lowest BCUT2D eigenvalue weighted by Gasteiger charge is -2.24. The number of hydrogen-bond donors (Lipinski definition) is 2. The van der Waals surface area contributed by atoms with Gasteiger partial charge in [0.15, 0.2) is 0 Å². The lowest BCUT2D eigenvalue weighted by atomic mass is 9.96. The molecule has 1 aromatic carbocycles. The Bertz CT molecular complexity index is 456. The van der Waals surface area contributed by atoms with Crippen molar-refractivity contribution in [1.82, 2.24) is 5.32 Å². The maximum atomic E-state index is 12.7. The molecule has 2 rings (SSSR count). The zero-order chi connectivity index (χ0) is 14.0. The third-order valence-corrected chi connectivity index (χ3v) is 3.95. The van der Waals surface area contributed by atoms with E-state index >= 15 is 0 Å². The Morgan fingerprint density at radius 2 is 2.05 bits per heavy atom. The van der Waals surface area contributed by atoms with Crippen LogP contribution in [0, 0.1) is 0 Å². The lowest BCUT2D eigenvalue weighted by molar-refractivity contribution is -0.137. The van der Waals surface area contributed by atoms with E-state index in [2.05, 4.69) is 21.2 Å². The summed E-state index contributed by atoms with van der Waals surface area (Å²) in [6.45, 7) is 0.881. The van der Waals surface area contributed by atoms with Crippen molar-refractivity contribution >= 4 is 15.9 Å². The Labute approximate surface area is 118 Å². The molecule has 1 heterocycles. The van der Waals surface area contributed by atoms with Crippen molar-refractivity contribution in [2.45, 2.75) is 37.9 Å². The average molecular weight is 338 g/mol. The summed E-state index contributed by atoms with van der Waals surface area (Å²) in [6.07, 6.45) is -0.903. The molecule has 0 spiro atoms. The molecule has 0 radical (unpaired) electrons. The number of halogens is 4. The number of nitrogens with one attached hydrogen (secondary N) is 1. The van der Waals surface area contributed by atoms with E-state index in [4.69, 9.17) is 0 Å². The van der Waals surface area contributed by atoms with Gasteiger partial charge in [-0.1, -0.05) is 6.42 Å². The second-order valence-electron chi connectivity index (χ2n) is 4.81. The molecule has 19 heavy (non-hydrogen) atoms. The summed E-state index contributed by atoms with van der Waals surface area (Å²) in [7, 11) is 0. The first kappa shape index (κ1) is 14.7. The Hall–Kier alpha value is -0.750. The van der Waals surface area contributed by atoms with E-state index in [1.807, 2.05) is 0 Å². The van der Waals surface area contributed by atoms with Gasteiger partial charge in [0, 0.05) is 6.04 Å². The van der Waals surface area contributed by atoms with Crippen LogP contribution in [0.5, 0.6) is 5.75 Å². The van der Waals surface area contributed by atoms with Crippen LogP contribution in [0.25, 0.3) is 0 Å². The number of piperidine rings is 1. The summed E-state index contributed by atoms with van der Waals surface area (Å²) in [5.74, 6) is -0.0969. The zero-order valence-corrected chi connectivity index (χ0v) is 11.8. The molecule has 1 fully saturated rings. The number of phenols is 1. The minimum Gasteiger partial charge on any atom is -0.506 e. The van der Waals surface area contributed by atoms with E-state index in [0.717, 1.165) is 37.9 Å². The van der Waals surface area contributed by atoms with Crippen molar-refractivity contribution in [3.63, 3.8) is 0 Å². The van der Waals surface area contributed by atoms with E-state index in [1.54, 1.807) is 0 Å². The van der Waals surface area contributed by atoms with Crippen LogP contribution in [-0.4, -0.2) is 17.7 Å². The first-order valence-electron chi connectivity index (χ1n) is 6.20. The summed E-state index contributed by atoms with van der Waals surface area (Å²) in [4.78, 5) is 0. The molecule has 1 unspecified atom stereocenters. The van der Waals surface area contributed by atoms with Crippen molar-refractivity contribution in [1.29, 1.82) is 0 Å². The van der Waals surface area contributed by atoms with Crippen molar-refractivity contribution in [2.24, 2.45) is 0 Å². The van der Waals surface area contributed by atoms with Gasteiger partial charge in [-0.3, -0.25) is 0 Å². The van der Waals surface area contributed by atoms with E-state index < -0.39 is 11.7 Å². The van der Waals surface area contributed by atoms with Gasteiger partial charge in [-0.05, 0) is 59.4 Å². The van der Waals surface area contributed by atoms with Crippen molar-refractivity contribution in [3.05, 3.63) is 27.7 Å². The van der Waals surface area contributed by atoms with Crippen LogP contribution in [0.2, 0.25) is 0 Å². The summed E-state index contributed by atoms with van der Waals surface area (Å²) in [5, 5.41) is 13.1. The van der Waals surface area contributed by atoms with Crippen LogP contribution in [0.3, 0.4) is 0 Å². The molecule has 0 aliphatic carbocycles. The van der Waals surface area contributed by atoms with E-state index in [0.29, 0.717) is 12.0 Å². The smallest absolute Gasteiger partial charge is 0.416 e. The number of benzene rings is 1. The minimum absolute atomic E-state index is 0.0909. The highest BCUT2D eigenvalue weighted by molar-refractivity contribution is 9.10. The molecule has 6 heteroatoms. The van der Waals surface area contributed by atoms with Crippen LogP contribution in [0.15, 0.2) is 16.6 Å². The molecule has 1 atom stereocenters. The van der Waals surface area contributed by atoms with Crippen LogP contribution in [0.4, 0.5) is 13.2 Å². The van der Waals surface area contributed by atoms with Gasteiger partial charge >= 0.3 is 6.18 Å². The van der Waals surface area contributed by atoms with E-state index in [1.165, 1.54) is 0 Å².